The van der Waals surface area contributed by atoms with Crippen molar-refractivity contribution in [2.24, 2.45) is 0 Å². The summed E-state index contributed by atoms with van der Waals surface area (Å²) in [6.45, 7) is 4.25. The van der Waals surface area contributed by atoms with E-state index in [1.165, 1.54) is 6.42 Å². The van der Waals surface area contributed by atoms with E-state index in [-0.39, 0.29) is 32.7 Å². The molecule has 0 aromatic heterocycles. The maximum Gasteiger partial charge on any atom is 0 e. The van der Waals surface area contributed by atoms with E-state index in [0.29, 0.717) is 0 Å². The van der Waals surface area contributed by atoms with Crippen molar-refractivity contribution in [1.29, 1.82) is 0 Å². The Morgan fingerprint density at radius 2 is 1.25 bits per heavy atom. The Kier molecular flexibility index (Phi) is 19.9. The molecule has 0 fully saturated rings. The van der Waals surface area contributed by atoms with Gasteiger partial charge in [0.15, 0.2) is 0 Å². The minimum atomic E-state index is 0. The van der Waals surface area contributed by atoms with Gasteiger partial charge in [0.25, 0.3) is 0 Å². The first-order chi connectivity index (χ1) is 1.41. The first-order valence-electron chi connectivity index (χ1n) is 1.41. The van der Waals surface area contributed by atoms with Gasteiger partial charge < -0.3 is 0 Å². The zero-order valence-electron chi connectivity index (χ0n) is 3.28. The molecule has 0 saturated heterocycles. The average molecular weight is 133 g/mol. The Labute approximate surface area is 52.9 Å². The average Bonchev–Trinajstić information content (AvgIpc) is 0.918. The topological polar surface area (TPSA) is 0 Å². The van der Waals surface area contributed by atoms with Crippen molar-refractivity contribution in [1.82, 2.24) is 0 Å². The summed E-state index contributed by atoms with van der Waals surface area (Å²) in [5.41, 5.74) is 0. The fraction of sp³-hybridized carbons (Fsp3) is 1.00. The van der Waals surface area contributed by atoms with E-state index in [2.05, 4.69) is 13.8 Å². The fourth-order valence-corrected chi connectivity index (χ4v) is 0. The summed E-state index contributed by atoms with van der Waals surface area (Å²) in [4.78, 5) is 0. The number of rotatable bonds is 0. The summed E-state index contributed by atoms with van der Waals surface area (Å²) in [5, 5.41) is 0. The molecular formula is C3H8Y. The molecule has 23 valence electrons. The zero-order chi connectivity index (χ0) is 2.71. The first-order valence-corrected chi connectivity index (χ1v) is 1.41. The number of hydrogen-bond donors (Lipinski definition) is 0. The van der Waals surface area contributed by atoms with Crippen LogP contribution >= 0.6 is 0 Å². The summed E-state index contributed by atoms with van der Waals surface area (Å²) in [5.74, 6) is 0. The molecule has 0 unspecified atom stereocenters. The molecule has 0 aliphatic carbocycles. The van der Waals surface area contributed by atoms with Crippen LogP contribution in [0, 0.1) is 0 Å². The van der Waals surface area contributed by atoms with E-state index >= 15 is 0 Å². The Morgan fingerprint density at radius 3 is 1.25 bits per heavy atom. The van der Waals surface area contributed by atoms with Gasteiger partial charge in [0.05, 0.1) is 0 Å². The van der Waals surface area contributed by atoms with Gasteiger partial charge in [0.1, 0.15) is 0 Å². The van der Waals surface area contributed by atoms with Gasteiger partial charge >= 0.3 is 0 Å². The molecule has 4 heavy (non-hydrogen) atoms. The predicted octanol–water partition coefficient (Wildman–Crippen LogP) is 1.41. The second kappa shape index (κ2) is 8.93. The third-order valence-electron chi connectivity index (χ3n) is 0. The molecule has 0 bridgehead atoms. The van der Waals surface area contributed by atoms with Crippen LogP contribution in [-0.4, -0.2) is 0 Å². The SMILES string of the molecule is CCC.[Y]. The fourth-order valence-electron chi connectivity index (χ4n) is 0. The summed E-state index contributed by atoms with van der Waals surface area (Å²) < 4.78 is 0. The van der Waals surface area contributed by atoms with E-state index in [1.807, 2.05) is 0 Å². The second-order valence-corrected chi connectivity index (χ2v) is 0.707. The van der Waals surface area contributed by atoms with Crippen molar-refractivity contribution in [3.05, 3.63) is 0 Å². The Morgan fingerprint density at radius 1 is 1.25 bits per heavy atom. The van der Waals surface area contributed by atoms with Crippen molar-refractivity contribution in [3.8, 4) is 0 Å². The minimum Gasteiger partial charge on any atom is -0.0656 e. The molecule has 0 saturated carbocycles. The molecule has 0 rings (SSSR count). The van der Waals surface area contributed by atoms with Crippen molar-refractivity contribution in [3.63, 3.8) is 0 Å². The van der Waals surface area contributed by atoms with Crippen LogP contribution in [0.1, 0.15) is 20.3 Å². The summed E-state index contributed by atoms with van der Waals surface area (Å²) in [7, 11) is 0. The molecular weight excluding hydrogens is 125 g/mol. The summed E-state index contributed by atoms with van der Waals surface area (Å²) in [6, 6.07) is 0. The van der Waals surface area contributed by atoms with E-state index in [1.54, 1.807) is 0 Å². The van der Waals surface area contributed by atoms with Gasteiger partial charge in [-0.25, -0.2) is 0 Å². The van der Waals surface area contributed by atoms with Crippen LogP contribution in [0.15, 0.2) is 0 Å². The largest absolute Gasteiger partial charge is 0.0656 e. The van der Waals surface area contributed by atoms with Crippen LogP contribution in [0.5, 0.6) is 0 Å². The number of hydrogen-bond acceptors (Lipinski definition) is 0. The molecule has 0 heterocycles. The monoisotopic (exact) mass is 133 g/mol. The smallest absolute Gasteiger partial charge is 0 e. The Bertz CT molecular complexity index is 3.25. The quantitative estimate of drug-likeness (QED) is 0.468. The second-order valence-electron chi connectivity index (χ2n) is 0.707. The molecule has 0 amide bonds. The van der Waals surface area contributed by atoms with E-state index in [9.17, 15) is 0 Å². The Balaban J connectivity index is 0. The van der Waals surface area contributed by atoms with E-state index < -0.39 is 0 Å². The molecule has 1 heteroatoms. The van der Waals surface area contributed by atoms with Crippen LogP contribution < -0.4 is 0 Å². The maximum absolute atomic E-state index is 2.12. The van der Waals surface area contributed by atoms with Crippen molar-refractivity contribution < 1.29 is 32.7 Å². The molecule has 0 aromatic rings. The maximum atomic E-state index is 2.12. The van der Waals surface area contributed by atoms with Crippen LogP contribution in [0.2, 0.25) is 0 Å². The summed E-state index contributed by atoms with van der Waals surface area (Å²) >= 11 is 0. The third-order valence-corrected chi connectivity index (χ3v) is 0. The van der Waals surface area contributed by atoms with Gasteiger partial charge in [-0.15, -0.1) is 0 Å². The van der Waals surface area contributed by atoms with Crippen LogP contribution in [0.3, 0.4) is 0 Å². The van der Waals surface area contributed by atoms with Gasteiger partial charge in [-0.3, -0.25) is 0 Å². The Hall–Kier alpha value is 1.10. The standard InChI is InChI=1S/C3H8.Y/c1-3-2;/h3H2,1-2H3;. The van der Waals surface area contributed by atoms with E-state index in [0.717, 1.165) is 0 Å². The van der Waals surface area contributed by atoms with Crippen LogP contribution in [0.25, 0.3) is 0 Å². The first kappa shape index (κ1) is 8.92. The van der Waals surface area contributed by atoms with Gasteiger partial charge in [0, 0.05) is 32.7 Å². The van der Waals surface area contributed by atoms with Gasteiger partial charge in [-0.05, 0) is 0 Å². The van der Waals surface area contributed by atoms with Crippen LogP contribution in [-0.2, 0) is 32.7 Å². The van der Waals surface area contributed by atoms with Crippen molar-refractivity contribution >= 4 is 0 Å². The van der Waals surface area contributed by atoms with E-state index in [4.69, 9.17) is 0 Å². The molecule has 0 aromatic carbocycles. The third kappa shape index (κ3) is 11.3. The van der Waals surface area contributed by atoms with Gasteiger partial charge in [0.2, 0.25) is 0 Å². The molecule has 0 nitrogen and oxygen atoms in total. The van der Waals surface area contributed by atoms with Gasteiger partial charge in [-0.2, -0.15) is 0 Å². The zero-order valence-corrected chi connectivity index (χ0v) is 6.12. The van der Waals surface area contributed by atoms with Gasteiger partial charge in [-0.1, -0.05) is 20.3 Å². The molecule has 0 atom stereocenters. The van der Waals surface area contributed by atoms with Crippen molar-refractivity contribution in [2.75, 3.05) is 0 Å². The minimum absolute atomic E-state index is 0. The molecule has 0 spiro atoms. The normalized spacial score (nSPS) is 4.50. The molecule has 0 aliphatic rings. The molecule has 0 aliphatic heterocycles. The molecule has 1 radical (unpaired) electrons. The summed E-state index contributed by atoms with van der Waals surface area (Å²) in [6.07, 6.45) is 1.25. The molecule has 0 N–H and O–H groups in total. The van der Waals surface area contributed by atoms with Crippen LogP contribution in [0.4, 0.5) is 0 Å². The van der Waals surface area contributed by atoms with Crippen molar-refractivity contribution in [2.45, 2.75) is 20.3 Å². The predicted molar refractivity (Wildman–Crippen MR) is 16.0 cm³/mol.